The number of nitrogens with two attached hydrogens (primary N) is 1. The Morgan fingerprint density at radius 2 is 1.88 bits per heavy atom. The Labute approximate surface area is 156 Å². The molecule has 0 aromatic heterocycles. The first-order valence-electron chi connectivity index (χ1n) is 9.36. The standard InChI is InChI=1S/C20H31N3OS/c1-20(2,15-21)12-16-13-23(14-16)19(24)18(17-6-4-3-5-7-17)22-8-10-25-11-9-22/h3-7,16,18H,8-15,21H2,1-2H3. The van der Waals surface area contributed by atoms with E-state index in [4.69, 9.17) is 5.73 Å². The van der Waals surface area contributed by atoms with Crippen LogP contribution in [0.2, 0.25) is 0 Å². The molecule has 1 atom stereocenters. The summed E-state index contributed by atoms with van der Waals surface area (Å²) in [5.74, 6) is 3.10. The van der Waals surface area contributed by atoms with E-state index in [9.17, 15) is 4.79 Å². The van der Waals surface area contributed by atoms with Crippen molar-refractivity contribution in [2.45, 2.75) is 26.3 Å². The van der Waals surface area contributed by atoms with Crippen molar-refractivity contribution in [2.75, 3.05) is 44.2 Å². The normalized spacial score (nSPS) is 21.0. The summed E-state index contributed by atoms with van der Waals surface area (Å²) in [6, 6.07) is 10.2. The lowest BCUT2D eigenvalue weighted by Gasteiger charge is -2.45. The molecule has 2 aliphatic heterocycles. The third kappa shape index (κ3) is 4.57. The zero-order valence-corrected chi connectivity index (χ0v) is 16.3. The van der Waals surface area contributed by atoms with E-state index in [-0.39, 0.29) is 17.4 Å². The van der Waals surface area contributed by atoms with Crippen molar-refractivity contribution >= 4 is 17.7 Å². The zero-order chi connectivity index (χ0) is 17.9. The number of hydrogen-bond donors (Lipinski definition) is 1. The van der Waals surface area contributed by atoms with Gasteiger partial charge in [0.15, 0.2) is 0 Å². The highest BCUT2D eigenvalue weighted by Gasteiger charge is 2.39. The number of carbonyl (C=O) groups excluding carboxylic acids is 1. The van der Waals surface area contributed by atoms with Gasteiger partial charge in [-0.2, -0.15) is 11.8 Å². The van der Waals surface area contributed by atoms with E-state index in [1.54, 1.807) is 0 Å². The first-order chi connectivity index (χ1) is 12.0. The van der Waals surface area contributed by atoms with Gasteiger partial charge in [-0.25, -0.2) is 0 Å². The lowest BCUT2D eigenvalue weighted by atomic mass is 9.79. The van der Waals surface area contributed by atoms with Crippen LogP contribution in [0.4, 0.5) is 0 Å². The van der Waals surface area contributed by atoms with Gasteiger partial charge >= 0.3 is 0 Å². The molecule has 0 spiro atoms. The van der Waals surface area contributed by atoms with Crippen LogP contribution in [0.15, 0.2) is 30.3 Å². The van der Waals surface area contributed by atoms with Crippen molar-refractivity contribution in [3.8, 4) is 0 Å². The van der Waals surface area contributed by atoms with Crippen LogP contribution in [0.3, 0.4) is 0 Å². The van der Waals surface area contributed by atoms with Crippen LogP contribution in [0, 0.1) is 11.3 Å². The number of thioether (sulfide) groups is 1. The van der Waals surface area contributed by atoms with Crippen molar-refractivity contribution in [1.82, 2.24) is 9.80 Å². The Hall–Kier alpha value is -1.04. The van der Waals surface area contributed by atoms with Gasteiger partial charge in [0.25, 0.3) is 0 Å². The van der Waals surface area contributed by atoms with E-state index in [1.807, 2.05) is 30.0 Å². The second-order valence-corrected chi connectivity index (χ2v) is 9.37. The molecule has 2 heterocycles. The average Bonchev–Trinajstić information content (AvgIpc) is 2.60. The molecule has 1 unspecified atom stereocenters. The number of likely N-dealkylation sites (tertiary alicyclic amines) is 1. The van der Waals surface area contributed by atoms with Gasteiger partial charge in [-0.15, -0.1) is 0 Å². The molecule has 4 nitrogen and oxygen atoms in total. The molecule has 2 aliphatic rings. The minimum atomic E-state index is -0.120. The molecule has 0 saturated carbocycles. The summed E-state index contributed by atoms with van der Waals surface area (Å²) in [5.41, 5.74) is 7.16. The van der Waals surface area contributed by atoms with Gasteiger partial charge in [0.1, 0.15) is 6.04 Å². The van der Waals surface area contributed by atoms with Crippen LogP contribution < -0.4 is 5.73 Å². The largest absolute Gasteiger partial charge is 0.340 e. The SMILES string of the molecule is CC(C)(CN)CC1CN(C(=O)C(c2ccccc2)N2CCSCC2)C1. The molecule has 2 N–H and O–H groups in total. The second kappa shape index (κ2) is 8.11. The van der Waals surface area contributed by atoms with Crippen LogP contribution >= 0.6 is 11.8 Å². The van der Waals surface area contributed by atoms with E-state index in [0.717, 1.165) is 49.7 Å². The highest BCUT2D eigenvalue weighted by Crippen LogP contribution is 2.33. The minimum absolute atomic E-state index is 0.120. The van der Waals surface area contributed by atoms with Gasteiger partial charge < -0.3 is 10.6 Å². The molecule has 5 heteroatoms. The van der Waals surface area contributed by atoms with Crippen molar-refractivity contribution in [3.05, 3.63) is 35.9 Å². The number of hydrogen-bond acceptors (Lipinski definition) is 4. The maximum absolute atomic E-state index is 13.3. The highest BCUT2D eigenvalue weighted by atomic mass is 32.2. The lowest BCUT2D eigenvalue weighted by molar-refractivity contribution is -0.144. The maximum Gasteiger partial charge on any atom is 0.244 e. The molecule has 2 saturated heterocycles. The monoisotopic (exact) mass is 361 g/mol. The third-order valence-corrected chi connectivity index (χ3v) is 6.37. The summed E-state index contributed by atoms with van der Waals surface area (Å²) in [7, 11) is 0. The van der Waals surface area contributed by atoms with Gasteiger partial charge in [0, 0.05) is 37.7 Å². The lowest BCUT2D eigenvalue weighted by Crippen LogP contribution is -2.55. The molecule has 3 rings (SSSR count). The molecule has 1 amide bonds. The molecule has 1 aromatic rings. The van der Waals surface area contributed by atoms with Crippen molar-refractivity contribution in [1.29, 1.82) is 0 Å². The van der Waals surface area contributed by atoms with Crippen LogP contribution in [0.25, 0.3) is 0 Å². The molecule has 0 bridgehead atoms. The molecule has 2 fully saturated rings. The maximum atomic E-state index is 13.3. The third-order valence-electron chi connectivity index (χ3n) is 5.42. The van der Waals surface area contributed by atoms with Crippen molar-refractivity contribution in [3.63, 3.8) is 0 Å². The van der Waals surface area contributed by atoms with Crippen LogP contribution in [0.1, 0.15) is 31.9 Å². The Kier molecular flexibility index (Phi) is 6.08. The molecule has 0 radical (unpaired) electrons. The number of amides is 1. The predicted octanol–water partition coefficient (Wildman–Crippen LogP) is 2.61. The minimum Gasteiger partial charge on any atom is -0.340 e. The number of benzene rings is 1. The van der Waals surface area contributed by atoms with Gasteiger partial charge in [-0.3, -0.25) is 9.69 Å². The van der Waals surface area contributed by atoms with Gasteiger partial charge in [-0.05, 0) is 29.9 Å². The van der Waals surface area contributed by atoms with Crippen molar-refractivity contribution in [2.24, 2.45) is 17.1 Å². The topological polar surface area (TPSA) is 49.6 Å². The van der Waals surface area contributed by atoms with E-state index < -0.39 is 0 Å². The fourth-order valence-corrected chi connectivity index (χ4v) is 4.83. The summed E-state index contributed by atoms with van der Waals surface area (Å²) in [4.78, 5) is 17.7. The van der Waals surface area contributed by atoms with E-state index >= 15 is 0 Å². The molecule has 1 aromatic carbocycles. The predicted molar refractivity (Wildman–Crippen MR) is 106 cm³/mol. The van der Waals surface area contributed by atoms with Gasteiger partial charge in [0.2, 0.25) is 5.91 Å². The summed E-state index contributed by atoms with van der Waals surface area (Å²) >= 11 is 1.98. The van der Waals surface area contributed by atoms with E-state index in [2.05, 4.69) is 35.8 Å². The second-order valence-electron chi connectivity index (χ2n) is 8.14. The first-order valence-corrected chi connectivity index (χ1v) is 10.5. The fourth-order valence-electron chi connectivity index (χ4n) is 3.90. The highest BCUT2D eigenvalue weighted by molar-refractivity contribution is 7.99. The summed E-state index contributed by atoms with van der Waals surface area (Å²) < 4.78 is 0. The number of rotatable bonds is 6. The number of nitrogens with zero attached hydrogens (tertiary/aromatic N) is 2. The Morgan fingerprint density at radius 1 is 1.24 bits per heavy atom. The Balaban J connectivity index is 1.66. The summed E-state index contributed by atoms with van der Waals surface area (Å²) in [6.07, 6.45) is 1.10. The van der Waals surface area contributed by atoms with Crippen LogP contribution in [0.5, 0.6) is 0 Å². The quantitative estimate of drug-likeness (QED) is 0.846. The first kappa shape index (κ1) is 18.7. The molecular formula is C20H31N3OS. The Morgan fingerprint density at radius 3 is 2.48 bits per heavy atom. The molecular weight excluding hydrogens is 330 g/mol. The fraction of sp³-hybridized carbons (Fsp3) is 0.650. The zero-order valence-electron chi connectivity index (χ0n) is 15.5. The van der Waals surface area contributed by atoms with Crippen LogP contribution in [-0.2, 0) is 4.79 Å². The van der Waals surface area contributed by atoms with E-state index in [1.165, 1.54) is 0 Å². The molecule has 25 heavy (non-hydrogen) atoms. The molecule has 138 valence electrons. The Bertz CT molecular complexity index is 566. The van der Waals surface area contributed by atoms with Crippen LogP contribution in [-0.4, -0.2) is 59.9 Å². The summed E-state index contributed by atoms with van der Waals surface area (Å²) in [6.45, 7) is 8.89. The van der Waals surface area contributed by atoms with Crippen molar-refractivity contribution < 1.29 is 4.79 Å². The smallest absolute Gasteiger partial charge is 0.244 e. The molecule has 0 aliphatic carbocycles. The average molecular weight is 362 g/mol. The summed E-state index contributed by atoms with van der Waals surface area (Å²) in [5, 5.41) is 0. The van der Waals surface area contributed by atoms with Gasteiger partial charge in [-0.1, -0.05) is 44.2 Å². The van der Waals surface area contributed by atoms with E-state index in [0.29, 0.717) is 12.5 Å². The number of carbonyl (C=O) groups is 1. The van der Waals surface area contributed by atoms with Gasteiger partial charge in [0.05, 0.1) is 0 Å².